The molecule has 0 radical (unpaired) electrons. The van der Waals surface area contributed by atoms with E-state index < -0.39 is 0 Å². The molecule has 1 heterocycles. The summed E-state index contributed by atoms with van der Waals surface area (Å²) < 4.78 is 0. The molecular weight excluding hydrogens is 176 g/mol. The van der Waals surface area contributed by atoms with Crippen molar-refractivity contribution in [3.63, 3.8) is 0 Å². The van der Waals surface area contributed by atoms with Gasteiger partial charge in [-0.3, -0.25) is 0 Å². The van der Waals surface area contributed by atoms with Crippen LogP contribution in [-0.4, -0.2) is 9.97 Å². The van der Waals surface area contributed by atoms with Crippen LogP contribution in [-0.2, 0) is 0 Å². The highest BCUT2D eigenvalue weighted by Crippen LogP contribution is 2.39. The monoisotopic (exact) mass is 184 g/mol. The smallest absolute Gasteiger partial charge is 0.148 e. The summed E-state index contributed by atoms with van der Waals surface area (Å²) in [5, 5.41) is 0.263. The zero-order chi connectivity index (χ0) is 8.72. The molecule has 1 aliphatic carbocycles. The summed E-state index contributed by atoms with van der Waals surface area (Å²) in [4.78, 5) is 8.10. The Morgan fingerprint density at radius 1 is 1.17 bits per heavy atom. The molecule has 0 atom stereocenters. The second kappa shape index (κ2) is 2.48. The van der Waals surface area contributed by atoms with Crippen molar-refractivity contribution < 1.29 is 0 Å². The molecular formula is C7H9ClN4. The average Bonchev–Trinajstić information content (AvgIpc) is 2.81. The fraction of sp³-hybridized carbons (Fsp3) is 0.429. The molecule has 0 saturated heterocycles. The highest BCUT2D eigenvalue weighted by Gasteiger charge is 2.27. The van der Waals surface area contributed by atoms with Crippen molar-refractivity contribution in [3.8, 4) is 0 Å². The Hall–Kier alpha value is -1.03. The highest BCUT2D eigenvalue weighted by atomic mass is 35.5. The molecule has 1 aromatic heterocycles. The van der Waals surface area contributed by atoms with Crippen LogP contribution in [0.4, 0.5) is 11.6 Å². The van der Waals surface area contributed by atoms with Gasteiger partial charge in [0.25, 0.3) is 0 Å². The average molecular weight is 185 g/mol. The van der Waals surface area contributed by atoms with E-state index in [4.69, 9.17) is 23.1 Å². The van der Waals surface area contributed by atoms with E-state index in [1.807, 2.05) is 0 Å². The summed E-state index contributed by atoms with van der Waals surface area (Å²) in [6.07, 6.45) is 2.25. The Morgan fingerprint density at radius 3 is 2.08 bits per heavy atom. The number of rotatable bonds is 1. The summed E-state index contributed by atoms with van der Waals surface area (Å²) >= 11 is 5.70. The minimum atomic E-state index is 0.263. The van der Waals surface area contributed by atoms with Crippen molar-refractivity contribution >= 4 is 23.2 Å². The third-order valence-electron chi connectivity index (χ3n) is 1.86. The molecule has 1 aliphatic rings. The SMILES string of the molecule is Nc1nc(C2CC2)nc(N)c1Cl. The number of halogens is 1. The van der Waals surface area contributed by atoms with E-state index in [1.54, 1.807) is 0 Å². The lowest BCUT2D eigenvalue weighted by molar-refractivity contribution is 0.938. The largest absolute Gasteiger partial charge is 0.382 e. The van der Waals surface area contributed by atoms with E-state index >= 15 is 0 Å². The summed E-state index contributed by atoms with van der Waals surface area (Å²) in [6, 6.07) is 0. The number of hydrogen-bond donors (Lipinski definition) is 2. The zero-order valence-electron chi connectivity index (χ0n) is 6.42. The number of anilines is 2. The number of nitrogens with zero attached hydrogens (tertiary/aromatic N) is 2. The van der Waals surface area contributed by atoms with Gasteiger partial charge in [0.1, 0.15) is 22.5 Å². The molecule has 4 nitrogen and oxygen atoms in total. The lowest BCUT2D eigenvalue weighted by Gasteiger charge is -2.03. The summed E-state index contributed by atoms with van der Waals surface area (Å²) in [6.45, 7) is 0. The van der Waals surface area contributed by atoms with E-state index in [2.05, 4.69) is 9.97 Å². The van der Waals surface area contributed by atoms with Gasteiger partial charge in [-0.2, -0.15) is 0 Å². The predicted octanol–water partition coefficient (Wildman–Crippen LogP) is 1.17. The maximum absolute atomic E-state index is 5.70. The van der Waals surface area contributed by atoms with Crippen molar-refractivity contribution in [1.29, 1.82) is 0 Å². The van der Waals surface area contributed by atoms with Crippen LogP contribution >= 0.6 is 11.6 Å². The standard InChI is InChI=1S/C7H9ClN4/c8-4-5(9)11-7(3-1-2-3)12-6(4)10/h3H,1-2H2,(H4,9,10,11,12). The molecule has 1 saturated carbocycles. The zero-order valence-corrected chi connectivity index (χ0v) is 7.17. The van der Waals surface area contributed by atoms with Gasteiger partial charge in [-0.25, -0.2) is 9.97 Å². The van der Waals surface area contributed by atoms with Crippen LogP contribution in [0.15, 0.2) is 0 Å². The molecule has 0 unspecified atom stereocenters. The van der Waals surface area contributed by atoms with Gasteiger partial charge < -0.3 is 11.5 Å². The molecule has 5 heteroatoms. The Kier molecular flexibility index (Phi) is 1.58. The van der Waals surface area contributed by atoms with Crippen LogP contribution in [0.2, 0.25) is 5.02 Å². The minimum absolute atomic E-state index is 0.263. The Morgan fingerprint density at radius 2 is 1.67 bits per heavy atom. The van der Waals surface area contributed by atoms with Crippen LogP contribution in [0.5, 0.6) is 0 Å². The second-order valence-corrected chi connectivity index (χ2v) is 3.32. The summed E-state index contributed by atoms with van der Waals surface area (Å²) in [5.41, 5.74) is 11.0. The third kappa shape index (κ3) is 1.18. The Bertz CT molecular complexity index is 298. The van der Waals surface area contributed by atoms with E-state index in [0.29, 0.717) is 5.92 Å². The Balaban J connectivity index is 2.45. The van der Waals surface area contributed by atoms with E-state index in [0.717, 1.165) is 18.7 Å². The third-order valence-corrected chi connectivity index (χ3v) is 2.25. The van der Waals surface area contributed by atoms with Gasteiger partial charge >= 0.3 is 0 Å². The maximum atomic E-state index is 5.70. The van der Waals surface area contributed by atoms with Crippen molar-refractivity contribution in [2.24, 2.45) is 0 Å². The molecule has 1 aromatic rings. The lowest BCUT2D eigenvalue weighted by atomic mass is 10.4. The van der Waals surface area contributed by atoms with Crippen LogP contribution < -0.4 is 11.5 Å². The molecule has 1 fully saturated rings. The van der Waals surface area contributed by atoms with Crippen LogP contribution in [0, 0.1) is 0 Å². The van der Waals surface area contributed by atoms with Crippen LogP contribution in [0.25, 0.3) is 0 Å². The molecule has 12 heavy (non-hydrogen) atoms. The van der Waals surface area contributed by atoms with E-state index in [1.165, 1.54) is 0 Å². The van der Waals surface area contributed by atoms with Gasteiger partial charge in [-0.1, -0.05) is 11.6 Å². The number of hydrogen-bond acceptors (Lipinski definition) is 4. The quantitative estimate of drug-likeness (QED) is 0.687. The van der Waals surface area contributed by atoms with E-state index in [-0.39, 0.29) is 16.7 Å². The molecule has 0 bridgehead atoms. The number of nitrogen functional groups attached to an aromatic ring is 2. The molecule has 4 N–H and O–H groups in total. The molecule has 0 aromatic carbocycles. The van der Waals surface area contributed by atoms with Gasteiger partial charge in [0.15, 0.2) is 0 Å². The summed E-state index contributed by atoms with van der Waals surface area (Å²) in [7, 11) is 0. The topological polar surface area (TPSA) is 77.8 Å². The fourth-order valence-electron chi connectivity index (χ4n) is 1.03. The fourth-order valence-corrected chi connectivity index (χ4v) is 1.11. The normalized spacial score (nSPS) is 16.4. The van der Waals surface area contributed by atoms with Gasteiger partial charge in [-0.05, 0) is 12.8 Å². The van der Waals surface area contributed by atoms with Crippen molar-refractivity contribution in [2.45, 2.75) is 18.8 Å². The van der Waals surface area contributed by atoms with E-state index in [9.17, 15) is 0 Å². The van der Waals surface area contributed by atoms with Gasteiger partial charge in [0, 0.05) is 5.92 Å². The Labute approximate surface area is 74.9 Å². The number of nitrogens with two attached hydrogens (primary N) is 2. The lowest BCUT2D eigenvalue weighted by Crippen LogP contribution is -2.03. The molecule has 0 spiro atoms. The first-order valence-electron chi connectivity index (χ1n) is 3.77. The number of aromatic nitrogens is 2. The first-order valence-corrected chi connectivity index (χ1v) is 4.14. The van der Waals surface area contributed by atoms with Crippen molar-refractivity contribution in [2.75, 3.05) is 11.5 Å². The van der Waals surface area contributed by atoms with Crippen LogP contribution in [0.1, 0.15) is 24.6 Å². The predicted molar refractivity (Wildman–Crippen MR) is 47.8 cm³/mol. The molecule has 64 valence electrons. The first kappa shape index (κ1) is 7.61. The van der Waals surface area contributed by atoms with Crippen molar-refractivity contribution in [3.05, 3.63) is 10.8 Å². The summed E-state index contributed by atoms with van der Waals surface area (Å²) in [5.74, 6) is 1.75. The van der Waals surface area contributed by atoms with Gasteiger partial charge in [0.2, 0.25) is 0 Å². The highest BCUT2D eigenvalue weighted by molar-refractivity contribution is 6.34. The molecule has 0 aliphatic heterocycles. The minimum Gasteiger partial charge on any atom is -0.382 e. The molecule has 2 rings (SSSR count). The van der Waals surface area contributed by atoms with Gasteiger partial charge in [-0.15, -0.1) is 0 Å². The van der Waals surface area contributed by atoms with Crippen molar-refractivity contribution in [1.82, 2.24) is 9.97 Å². The van der Waals surface area contributed by atoms with Crippen LogP contribution in [0.3, 0.4) is 0 Å². The second-order valence-electron chi connectivity index (χ2n) is 2.94. The first-order chi connectivity index (χ1) is 5.68. The van der Waals surface area contributed by atoms with Gasteiger partial charge in [0.05, 0.1) is 0 Å². The molecule has 0 amide bonds. The maximum Gasteiger partial charge on any atom is 0.148 e.